The first-order chi connectivity index (χ1) is 8.97. The summed E-state index contributed by atoms with van der Waals surface area (Å²) in [5.41, 5.74) is 0.726. The molecule has 0 aromatic carbocycles. The van der Waals surface area contributed by atoms with Crippen LogP contribution in [0.15, 0.2) is 11.6 Å². The number of allylic oxidation sites excluding steroid dienone is 1. The lowest BCUT2D eigenvalue weighted by Gasteiger charge is -2.27. The summed E-state index contributed by atoms with van der Waals surface area (Å²) >= 11 is 0. The molecule has 3 rings (SSSR count). The van der Waals surface area contributed by atoms with Crippen LogP contribution in [0.25, 0.3) is 0 Å². The molecule has 0 aromatic heterocycles. The van der Waals surface area contributed by atoms with Crippen molar-refractivity contribution in [3.63, 3.8) is 0 Å². The van der Waals surface area contributed by atoms with Gasteiger partial charge in [0.05, 0.1) is 24.2 Å². The van der Waals surface area contributed by atoms with E-state index in [2.05, 4.69) is 9.47 Å². The van der Waals surface area contributed by atoms with Crippen LogP contribution in [0.1, 0.15) is 19.8 Å². The summed E-state index contributed by atoms with van der Waals surface area (Å²) in [4.78, 5) is 45.9. The Labute approximate surface area is 108 Å². The number of hydrogen-bond donors (Lipinski definition) is 0. The van der Waals surface area contributed by atoms with E-state index in [1.807, 2.05) is 0 Å². The van der Waals surface area contributed by atoms with E-state index in [9.17, 15) is 19.2 Å². The molecular formula is C13H12O6. The van der Waals surface area contributed by atoms with Crippen molar-refractivity contribution in [3.8, 4) is 0 Å². The van der Waals surface area contributed by atoms with Crippen LogP contribution in [-0.4, -0.2) is 23.9 Å². The average molecular weight is 264 g/mol. The molecule has 0 unspecified atom stereocenters. The van der Waals surface area contributed by atoms with Gasteiger partial charge in [-0.05, 0) is 19.3 Å². The lowest BCUT2D eigenvalue weighted by molar-refractivity contribution is -0.155. The topological polar surface area (TPSA) is 86.7 Å². The van der Waals surface area contributed by atoms with Crippen molar-refractivity contribution in [1.29, 1.82) is 0 Å². The Bertz CT molecular complexity index is 531. The van der Waals surface area contributed by atoms with Crippen molar-refractivity contribution >= 4 is 23.9 Å². The molecule has 0 radical (unpaired) electrons. The van der Waals surface area contributed by atoms with Crippen molar-refractivity contribution in [2.24, 2.45) is 23.7 Å². The second-order valence-corrected chi connectivity index (χ2v) is 5.24. The molecule has 19 heavy (non-hydrogen) atoms. The van der Waals surface area contributed by atoms with Crippen LogP contribution in [-0.2, 0) is 28.7 Å². The fraction of sp³-hybridized carbons (Fsp3) is 0.538. The minimum atomic E-state index is -0.549. The Morgan fingerprint density at radius 1 is 1.00 bits per heavy atom. The van der Waals surface area contributed by atoms with Crippen molar-refractivity contribution in [2.45, 2.75) is 19.8 Å². The van der Waals surface area contributed by atoms with E-state index >= 15 is 0 Å². The van der Waals surface area contributed by atoms with Crippen molar-refractivity contribution in [1.82, 2.24) is 0 Å². The lowest BCUT2D eigenvalue weighted by Crippen LogP contribution is -2.31. The Morgan fingerprint density at radius 3 is 2.32 bits per heavy atom. The molecule has 2 heterocycles. The molecular weight excluding hydrogens is 252 g/mol. The van der Waals surface area contributed by atoms with Crippen LogP contribution < -0.4 is 0 Å². The number of cyclic esters (lactones) is 4. The first-order valence-corrected chi connectivity index (χ1v) is 6.15. The number of carbonyl (C=O) groups is 4. The monoisotopic (exact) mass is 264 g/mol. The second-order valence-electron chi connectivity index (χ2n) is 5.24. The summed E-state index contributed by atoms with van der Waals surface area (Å²) < 4.78 is 9.17. The summed E-state index contributed by atoms with van der Waals surface area (Å²) in [5.74, 6) is -4.01. The zero-order valence-electron chi connectivity index (χ0n) is 10.3. The predicted octanol–water partition coefficient (Wildman–Crippen LogP) is 0.358. The van der Waals surface area contributed by atoms with Crippen LogP contribution in [0.2, 0.25) is 0 Å². The molecule has 3 aliphatic rings. The van der Waals surface area contributed by atoms with Gasteiger partial charge < -0.3 is 9.47 Å². The number of fused-ring (bicyclic) bond motifs is 1. The first kappa shape index (κ1) is 12.1. The van der Waals surface area contributed by atoms with Crippen LogP contribution in [0.3, 0.4) is 0 Å². The summed E-state index contributed by atoms with van der Waals surface area (Å²) in [5, 5.41) is 0. The van der Waals surface area contributed by atoms with Crippen LogP contribution >= 0.6 is 0 Å². The fourth-order valence-corrected chi connectivity index (χ4v) is 3.18. The zero-order valence-corrected chi connectivity index (χ0v) is 10.3. The van der Waals surface area contributed by atoms with E-state index in [1.54, 1.807) is 13.0 Å². The van der Waals surface area contributed by atoms with Gasteiger partial charge in [0.25, 0.3) is 0 Å². The summed E-state index contributed by atoms with van der Waals surface area (Å²) in [6, 6.07) is 0. The van der Waals surface area contributed by atoms with Crippen LogP contribution in [0.4, 0.5) is 0 Å². The van der Waals surface area contributed by atoms with Gasteiger partial charge in [0, 0.05) is 0 Å². The summed E-state index contributed by atoms with van der Waals surface area (Å²) in [6.45, 7) is 1.74. The van der Waals surface area contributed by atoms with Crippen molar-refractivity contribution < 1.29 is 28.7 Å². The molecule has 1 aliphatic carbocycles. The molecule has 0 saturated carbocycles. The minimum Gasteiger partial charge on any atom is -0.393 e. The number of esters is 4. The average Bonchev–Trinajstić information content (AvgIpc) is 2.80. The maximum atomic E-state index is 11.6. The molecule has 0 spiro atoms. The molecule has 2 saturated heterocycles. The maximum Gasteiger partial charge on any atom is 0.321 e. The molecule has 6 nitrogen and oxygen atoms in total. The number of hydrogen-bond acceptors (Lipinski definition) is 6. The third-order valence-electron chi connectivity index (χ3n) is 4.07. The maximum absolute atomic E-state index is 11.6. The van der Waals surface area contributed by atoms with Gasteiger partial charge in [0.15, 0.2) is 0 Å². The van der Waals surface area contributed by atoms with Gasteiger partial charge >= 0.3 is 23.9 Å². The fourth-order valence-electron chi connectivity index (χ4n) is 3.18. The zero-order chi connectivity index (χ0) is 13.7. The highest BCUT2D eigenvalue weighted by Gasteiger charge is 2.51. The van der Waals surface area contributed by atoms with Gasteiger partial charge in [-0.1, -0.05) is 11.6 Å². The van der Waals surface area contributed by atoms with Gasteiger partial charge in [-0.15, -0.1) is 0 Å². The molecule has 6 heteroatoms. The molecule has 2 fully saturated rings. The quantitative estimate of drug-likeness (QED) is 0.386. The first-order valence-electron chi connectivity index (χ1n) is 6.15. The minimum absolute atomic E-state index is 0.0354. The number of ether oxygens (including phenoxy) is 2. The Kier molecular flexibility index (Phi) is 2.55. The standard InChI is InChI=1S/C13H12O6/c1-5-2-6(7-4-9(14)18-11(7)15)3-8-10(5)13(17)19-12(8)16/h2,6-8,10H,3-4H2,1H3/t6-,7-,8+,10+/m0/s1. The number of rotatable bonds is 1. The lowest BCUT2D eigenvalue weighted by atomic mass is 9.72. The highest BCUT2D eigenvalue weighted by molar-refractivity contribution is 5.99. The van der Waals surface area contributed by atoms with E-state index in [0.717, 1.165) is 5.57 Å². The summed E-state index contributed by atoms with van der Waals surface area (Å²) in [7, 11) is 0. The highest BCUT2D eigenvalue weighted by atomic mass is 16.6. The molecule has 0 N–H and O–H groups in total. The SMILES string of the molecule is CC1=C[C@H]([C@@H]2CC(=O)OC2=O)C[C@H]2C(=O)OC(=O)[C@H]12. The molecule has 2 aliphatic heterocycles. The van der Waals surface area contributed by atoms with Crippen LogP contribution in [0, 0.1) is 23.7 Å². The van der Waals surface area contributed by atoms with Crippen LogP contribution in [0.5, 0.6) is 0 Å². The van der Waals surface area contributed by atoms with Gasteiger partial charge in [-0.3, -0.25) is 19.2 Å². The van der Waals surface area contributed by atoms with Gasteiger partial charge in [-0.2, -0.15) is 0 Å². The third kappa shape index (κ3) is 1.78. The Morgan fingerprint density at radius 2 is 1.68 bits per heavy atom. The van der Waals surface area contributed by atoms with Gasteiger partial charge in [0.1, 0.15) is 0 Å². The van der Waals surface area contributed by atoms with Crippen molar-refractivity contribution in [3.05, 3.63) is 11.6 Å². The third-order valence-corrected chi connectivity index (χ3v) is 4.07. The highest BCUT2D eigenvalue weighted by Crippen LogP contribution is 2.43. The predicted molar refractivity (Wildman–Crippen MR) is 59.1 cm³/mol. The van der Waals surface area contributed by atoms with E-state index in [1.165, 1.54) is 0 Å². The number of carbonyl (C=O) groups excluding carboxylic acids is 4. The molecule has 0 aromatic rings. The smallest absolute Gasteiger partial charge is 0.321 e. The Balaban J connectivity index is 1.89. The van der Waals surface area contributed by atoms with Gasteiger partial charge in [0.2, 0.25) is 0 Å². The molecule has 100 valence electrons. The normalized spacial score (nSPS) is 37.8. The van der Waals surface area contributed by atoms with Crippen molar-refractivity contribution in [2.75, 3.05) is 0 Å². The van der Waals surface area contributed by atoms with E-state index in [4.69, 9.17) is 0 Å². The largest absolute Gasteiger partial charge is 0.393 e. The molecule has 4 atom stereocenters. The van der Waals surface area contributed by atoms with E-state index in [0.29, 0.717) is 6.42 Å². The van der Waals surface area contributed by atoms with Gasteiger partial charge in [-0.25, -0.2) is 0 Å². The Hall–Kier alpha value is -1.98. The second kappa shape index (κ2) is 4.01. The molecule has 0 amide bonds. The van der Waals surface area contributed by atoms with E-state index < -0.39 is 41.6 Å². The molecule has 0 bridgehead atoms. The summed E-state index contributed by atoms with van der Waals surface area (Å²) in [6.07, 6.45) is 2.18. The van der Waals surface area contributed by atoms with E-state index in [-0.39, 0.29) is 12.3 Å².